The summed E-state index contributed by atoms with van der Waals surface area (Å²) in [4.78, 5) is 4.73. The van der Waals surface area contributed by atoms with E-state index in [0.29, 0.717) is 5.02 Å². The zero-order valence-corrected chi connectivity index (χ0v) is 13.0. The summed E-state index contributed by atoms with van der Waals surface area (Å²) < 4.78 is 0. The Morgan fingerprint density at radius 1 is 1.11 bits per heavy atom. The molecule has 0 saturated carbocycles. The monoisotopic (exact) mass is 276 g/mol. The number of halogens is 1. The van der Waals surface area contributed by atoms with Gasteiger partial charge in [0, 0.05) is 22.0 Å². The van der Waals surface area contributed by atoms with E-state index >= 15 is 0 Å². The molecule has 0 unspecified atom stereocenters. The summed E-state index contributed by atoms with van der Waals surface area (Å²) in [6.45, 7) is 10.5. The maximum atomic E-state index is 6.31. The Balaban J connectivity index is 2.89. The van der Waals surface area contributed by atoms with Crippen LogP contribution in [0, 0.1) is 0 Å². The molecule has 0 bridgehead atoms. The molecule has 1 aromatic heterocycles. The smallest absolute Gasteiger partial charge is 0.0895 e. The first-order valence-electron chi connectivity index (χ1n) is 6.50. The Kier molecular flexibility index (Phi) is 3.36. The first-order chi connectivity index (χ1) is 8.60. The van der Waals surface area contributed by atoms with Crippen LogP contribution in [0.4, 0.5) is 0 Å². The molecule has 0 saturated heterocycles. The molecule has 3 heteroatoms. The van der Waals surface area contributed by atoms with E-state index in [9.17, 15) is 0 Å². The Morgan fingerprint density at radius 2 is 1.74 bits per heavy atom. The first kappa shape index (κ1) is 14.3. The van der Waals surface area contributed by atoms with Crippen molar-refractivity contribution in [2.24, 2.45) is 5.73 Å². The number of fused-ring (bicyclic) bond motifs is 1. The summed E-state index contributed by atoms with van der Waals surface area (Å²) >= 11 is 6.30. The molecule has 0 fully saturated rings. The molecule has 102 valence electrons. The minimum absolute atomic E-state index is 0.0344. The second kappa shape index (κ2) is 4.46. The maximum absolute atomic E-state index is 6.31. The standard InChI is InChI=1S/C16H21ClN2/c1-15(2,3)13-9-11(16(4,5)18)10-7-6-8-12(17)14(10)19-13/h6-9H,18H2,1-5H3. The molecule has 2 N–H and O–H groups in total. The van der Waals surface area contributed by atoms with Crippen molar-refractivity contribution in [1.82, 2.24) is 4.98 Å². The maximum Gasteiger partial charge on any atom is 0.0895 e. The van der Waals surface area contributed by atoms with Crippen LogP contribution < -0.4 is 5.73 Å². The van der Waals surface area contributed by atoms with E-state index in [2.05, 4.69) is 26.8 Å². The fraction of sp³-hybridized carbons (Fsp3) is 0.438. The van der Waals surface area contributed by atoms with Crippen molar-refractivity contribution in [2.75, 3.05) is 0 Å². The van der Waals surface area contributed by atoms with Gasteiger partial charge in [-0.3, -0.25) is 4.98 Å². The van der Waals surface area contributed by atoms with Gasteiger partial charge in [0.15, 0.2) is 0 Å². The number of hydrogen-bond donors (Lipinski definition) is 1. The van der Waals surface area contributed by atoms with Gasteiger partial charge in [0.1, 0.15) is 0 Å². The molecule has 0 aliphatic rings. The van der Waals surface area contributed by atoms with E-state index in [1.54, 1.807) is 0 Å². The van der Waals surface area contributed by atoms with Crippen molar-refractivity contribution in [2.45, 2.75) is 45.6 Å². The molecule has 1 aromatic carbocycles. The summed E-state index contributed by atoms with van der Waals surface area (Å²) in [7, 11) is 0. The highest BCUT2D eigenvalue weighted by Gasteiger charge is 2.24. The van der Waals surface area contributed by atoms with Gasteiger partial charge in [-0.1, -0.05) is 44.5 Å². The largest absolute Gasteiger partial charge is 0.322 e. The lowest BCUT2D eigenvalue weighted by molar-refractivity contribution is 0.542. The van der Waals surface area contributed by atoms with Gasteiger partial charge in [-0.2, -0.15) is 0 Å². The Bertz CT molecular complexity index is 619. The van der Waals surface area contributed by atoms with E-state index in [1.807, 2.05) is 32.0 Å². The lowest BCUT2D eigenvalue weighted by Crippen LogP contribution is -2.30. The number of pyridine rings is 1. The number of hydrogen-bond acceptors (Lipinski definition) is 2. The van der Waals surface area contributed by atoms with Crippen molar-refractivity contribution in [1.29, 1.82) is 0 Å². The number of nitrogens with two attached hydrogens (primary N) is 1. The summed E-state index contributed by atoms with van der Waals surface area (Å²) in [5, 5.41) is 1.71. The van der Waals surface area contributed by atoms with E-state index < -0.39 is 5.54 Å². The van der Waals surface area contributed by atoms with Crippen LogP contribution >= 0.6 is 11.6 Å². The van der Waals surface area contributed by atoms with Gasteiger partial charge in [-0.15, -0.1) is 0 Å². The zero-order valence-electron chi connectivity index (χ0n) is 12.2. The number of nitrogens with zero attached hydrogens (tertiary/aromatic N) is 1. The lowest BCUT2D eigenvalue weighted by atomic mass is 9.85. The van der Waals surface area contributed by atoms with Gasteiger partial charge >= 0.3 is 0 Å². The average Bonchev–Trinajstić information content (AvgIpc) is 2.25. The van der Waals surface area contributed by atoms with Crippen LogP contribution in [0.15, 0.2) is 24.3 Å². The van der Waals surface area contributed by atoms with Crippen molar-refractivity contribution >= 4 is 22.5 Å². The van der Waals surface area contributed by atoms with Crippen LogP contribution in [0.1, 0.15) is 45.9 Å². The fourth-order valence-electron chi connectivity index (χ4n) is 2.13. The Morgan fingerprint density at radius 3 is 2.26 bits per heavy atom. The quantitative estimate of drug-likeness (QED) is 0.839. The Labute approximate surface area is 120 Å². The van der Waals surface area contributed by atoms with Crippen LogP contribution in [-0.2, 0) is 11.0 Å². The topological polar surface area (TPSA) is 38.9 Å². The van der Waals surface area contributed by atoms with Gasteiger partial charge in [0.25, 0.3) is 0 Å². The molecule has 0 spiro atoms. The SMILES string of the molecule is CC(C)(C)c1cc(C(C)(C)N)c2cccc(Cl)c2n1. The van der Waals surface area contributed by atoms with Crippen molar-refractivity contribution in [3.05, 3.63) is 40.5 Å². The minimum atomic E-state index is -0.425. The number of aromatic nitrogens is 1. The molecule has 0 aliphatic heterocycles. The van der Waals surface area contributed by atoms with E-state index in [-0.39, 0.29) is 5.41 Å². The van der Waals surface area contributed by atoms with E-state index in [4.69, 9.17) is 22.3 Å². The van der Waals surface area contributed by atoms with Gasteiger partial charge in [0.05, 0.1) is 10.5 Å². The van der Waals surface area contributed by atoms with Gasteiger partial charge in [-0.25, -0.2) is 0 Å². The molecular weight excluding hydrogens is 256 g/mol. The molecule has 0 radical (unpaired) electrons. The molecule has 1 heterocycles. The lowest BCUT2D eigenvalue weighted by Gasteiger charge is -2.26. The molecular formula is C16H21ClN2. The van der Waals surface area contributed by atoms with Gasteiger partial charge in [0.2, 0.25) is 0 Å². The second-order valence-corrected chi connectivity index (χ2v) is 7.07. The summed E-state index contributed by atoms with van der Waals surface area (Å²) in [6, 6.07) is 7.96. The number of rotatable bonds is 1. The predicted octanol–water partition coefficient (Wildman–Crippen LogP) is 4.38. The van der Waals surface area contributed by atoms with Crippen LogP contribution in [0.2, 0.25) is 5.02 Å². The molecule has 2 nitrogen and oxygen atoms in total. The number of benzene rings is 1. The molecule has 0 atom stereocenters. The third-order valence-corrected chi connectivity index (χ3v) is 3.56. The fourth-order valence-corrected chi connectivity index (χ4v) is 2.35. The van der Waals surface area contributed by atoms with Gasteiger partial charge in [-0.05, 0) is 31.5 Å². The summed E-state index contributed by atoms with van der Waals surface area (Å²) in [5.41, 5.74) is 8.80. The normalized spacial score (nSPS) is 13.0. The number of para-hydroxylation sites is 1. The first-order valence-corrected chi connectivity index (χ1v) is 6.87. The molecule has 19 heavy (non-hydrogen) atoms. The molecule has 2 rings (SSSR count). The van der Waals surface area contributed by atoms with Gasteiger partial charge < -0.3 is 5.73 Å². The van der Waals surface area contributed by atoms with Crippen LogP contribution in [0.5, 0.6) is 0 Å². The highest BCUT2D eigenvalue weighted by atomic mass is 35.5. The third kappa shape index (κ3) is 2.75. The second-order valence-electron chi connectivity index (χ2n) is 6.66. The van der Waals surface area contributed by atoms with Crippen molar-refractivity contribution in [3.8, 4) is 0 Å². The van der Waals surface area contributed by atoms with Crippen molar-refractivity contribution in [3.63, 3.8) is 0 Å². The minimum Gasteiger partial charge on any atom is -0.322 e. The van der Waals surface area contributed by atoms with E-state index in [1.165, 1.54) is 0 Å². The van der Waals surface area contributed by atoms with E-state index in [0.717, 1.165) is 22.2 Å². The highest BCUT2D eigenvalue weighted by Crippen LogP contribution is 2.33. The molecule has 0 amide bonds. The third-order valence-electron chi connectivity index (χ3n) is 3.25. The summed E-state index contributed by atoms with van der Waals surface area (Å²) in [5.74, 6) is 0. The van der Waals surface area contributed by atoms with Crippen LogP contribution in [-0.4, -0.2) is 4.98 Å². The average molecular weight is 277 g/mol. The molecule has 2 aromatic rings. The summed E-state index contributed by atoms with van der Waals surface area (Å²) in [6.07, 6.45) is 0. The van der Waals surface area contributed by atoms with Crippen LogP contribution in [0.25, 0.3) is 10.9 Å². The van der Waals surface area contributed by atoms with Crippen molar-refractivity contribution < 1.29 is 0 Å². The highest BCUT2D eigenvalue weighted by molar-refractivity contribution is 6.35. The molecule has 0 aliphatic carbocycles. The predicted molar refractivity (Wildman–Crippen MR) is 82.7 cm³/mol. The van der Waals surface area contributed by atoms with Crippen LogP contribution in [0.3, 0.4) is 0 Å². The zero-order chi connectivity index (χ0) is 14.4. The Hall–Kier alpha value is -1.12.